The number of esters is 2. The van der Waals surface area contributed by atoms with Gasteiger partial charge in [0.25, 0.3) is 0 Å². The van der Waals surface area contributed by atoms with Crippen molar-refractivity contribution in [3.8, 4) is 0 Å². The van der Waals surface area contributed by atoms with E-state index in [-0.39, 0.29) is 13.2 Å². The molecule has 0 saturated heterocycles. The summed E-state index contributed by atoms with van der Waals surface area (Å²) in [5.74, 6) is -1.21. The number of ether oxygens (including phenoxy) is 2. The van der Waals surface area contributed by atoms with E-state index in [1.54, 1.807) is 62.4 Å². The Kier molecular flexibility index (Phi) is 9.67. The average molecular weight is 360 g/mol. The van der Waals surface area contributed by atoms with Crippen molar-refractivity contribution in [3.05, 3.63) is 71.8 Å². The van der Waals surface area contributed by atoms with E-state index >= 15 is 0 Å². The molecule has 0 radical (unpaired) electrons. The third-order valence-corrected chi connectivity index (χ3v) is 3.25. The average Bonchev–Trinajstić information content (AvgIpc) is 2.69. The van der Waals surface area contributed by atoms with E-state index in [1.165, 1.54) is 0 Å². The van der Waals surface area contributed by atoms with Gasteiger partial charge in [0.15, 0.2) is 12.2 Å². The van der Waals surface area contributed by atoms with Gasteiger partial charge in [0.1, 0.15) is 0 Å². The Balaban J connectivity index is 0.000000260. The Bertz CT molecular complexity index is 597. The van der Waals surface area contributed by atoms with Crippen molar-refractivity contribution < 1.29 is 29.3 Å². The predicted octanol–water partition coefficient (Wildman–Crippen LogP) is 2.57. The molecule has 6 heteroatoms. The standard InChI is InChI=1S/2C10H12O3/c2*1-2-13-10(12)9(11)8-6-4-3-5-7-8/h2*3-7,9,11H,2H2,1H3. The number of aliphatic hydroxyl groups is 2. The van der Waals surface area contributed by atoms with Crippen LogP contribution in [0.15, 0.2) is 60.7 Å². The molecule has 0 amide bonds. The second-order valence-electron chi connectivity index (χ2n) is 5.13. The molecule has 26 heavy (non-hydrogen) atoms. The molecular formula is C20H24O6. The summed E-state index contributed by atoms with van der Waals surface area (Å²) in [7, 11) is 0. The van der Waals surface area contributed by atoms with Gasteiger partial charge >= 0.3 is 11.9 Å². The maximum atomic E-state index is 11.1. The van der Waals surface area contributed by atoms with Crippen LogP contribution in [0, 0.1) is 0 Å². The summed E-state index contributed by atoms with van der Waals surface area (Å²) in [6, 6.07) is 17.4. The van der Waals surface area contributed by atoms with Crippen LogP contribution in [0.1, 0.15) is 37.2 Å². The van der Waals surface area contributed by atoms with E-state index in [9.17, 15) is 19.8 Å². The summed E-state index contributed by atoms with van der Waals surface area (Å²) < 4.78 is 9.34. The molecule has 2 atom stereocenters. The summed E-state index contributed by atoms with van der Waals surface area (Å²) in [5, 5.41) is 18.9. The molecular weight excluding hydrogens is 336 g/mol. The molecule has 0 fully saturated rings. The Morgan fingerprint density at radius 1 is 0.731 bits per heavy atom. The molecule has 140 valence electrons. The number of hydrogen-bond donors (Lipinski definition) is 2. The predicted molar refractivity (Wildman–Crippen MR) is 96.1 cm³/mol. The Hall–Kier alpha value is -2.70. The summed E-state index contributed by atoms with van der Waals surface area (Å²) >= 11 is 0. The minimum atomic E-state index is -1.17. The van der Waals surface area contributed by atoms with Crippen molar-refractivity contribution in [1.29, 1.82) is 0 Å². The number of benzene rings is 2. The normalized spacial score (nSPS) is 12.2. The first kappa shape index (κ1) is 21.3. The van der Waals surface area contributed by atoms with Crippen LogP contribution in [0.2, 0.25) is 0 Å². The van der Waals surface area contributed by atoms with Crippen LogP contribution in [0.5, 0.6) is 0 Å². The van der Waals surface area contributed by atoms with Crippen LogP contribution in [-0.2, 0) is 19.1 Å². The number of hydrogen-bond acceptors (Lipinski definition) is 6. The molecule has 2 unspecified atom stereocenters. The van der Waals surface area contributed by atoms with Crippen LogP contribution in [0.4, 0.5) is 0 Å². The fourth-order valence-corrected chi connectivity index (χ4v) is 1.99. The third-order valence-electron chi connectivity index (χ3n) is 3.25. The van der Waals surface area contributed by atoms with Gasteiger partial charge in [-0.15, -0.1) is 0 Å². The molecule has 0 aliphatic heterocycles. The van der Waals surface area contributed by atoms with Crippen molar-refractivity contribution in [2.45, 2.75) is 26.1 Å². The lowest BCUT2D eigenvalue weighted by molar-refractivity contribution is -0.154. The minimum Gasteiger partial charge on any atom is -0.464 e. The van der Waals surface area contributed by atoms with Crippen molar-refractivity contribution in [3.63, 3.8) is 0 Å². The minimum absolute atomic E-state index is 0.280. The van der Waals surface area contributed by atoms with E-state index in [0.717, 1.165) is 0 Å². The number of carbonyl (C=O) groups excluding carboxylic acids is 2. The first-order valence-electron chi connectivity index (χ1n) is 8.30. The molecule has 6 nitrogen and oxygen atoms in total. The van der Waals surface area contributed by atoms with E-state index in [2.05, 4.69) is 9.47 Å². The van der Waals surface area contributed by atoms with Gasteiger partial charge in [-0.1, -0.05) is 60.7 Å². The SMILES string of the molecule is CCOC(=O)C(O)c1ccccc1.CCOC(=O)C(O)c1ccccc1. The van der Waals surface area contributed by atoms with Crippen LogP contribution >= 0.6 is 0 Å². The maximum Gasteiger partial charge on any atom is 0.339 e. The zero-order valence-electron chi connectivity index (χ0n) is 14.9. The van der Waals surface area contributed by atoms with E-state index in [1.807, 2.05) is 12.1 Å². The molecule has 2 aromatic carbocycles. The zero-order valence-corrected chi connectivity index (χ0v) is 14.9. The molecule has 0 heterocycles. The van der Waals surface area contributed by atoms with Crippen molar-refractivity contribution in [2.75, 3.05) is 13.2 Å². The molecule has 0 aliphatic carbocycles. The molecule has 2 N–H and O–H groups in total. The summed E-state index contributed by atoms with van der Waals surface area (Å²) in [6.45, 7) is 3.97. The van der Waals surface area contributed by atoms with Gasteiger partial charge in [-0.2, -0.15) is 0 Å². The van der Waals surface area contributed by atoms with E-state index in [4.69, 9.17) is 0 Å². The van der Waals surface area contributed by atoms with Gasteiger partial charge < -0.3 is 19.7 Å². The van der Waals surface area contributed by atoms with Gasteiger partial charge in [-0.25, -0.2) is 9.59 Å². The molecule has 0 bridgehead atoms. The monoisotopic (exact) mass is 360 g/mol. The highest BCUT2D eigenvalue weighted by atomic mass is 16.5. The highest BCUT2D eigenvalue weighted by molar-refractivity contribution is 5.76. The summed E-state index contributed by atoms with van der Waals surface area (Å²) in [4.78, 5) is 22.1. The van der Waals surface area contributed by atoms with Gasteiger partial charge in [-0.3, -0.25) is 0 Å². The van der Waals surface area contributed by atoms with Gasteiger partial charge in [0, 0.05) is 0 Å². The first-order valence-corrected chi connectivity index (χ1v) is 8.30. The smallest absolute Gasteiger partial charge is 0.339 e. The fourth-order valence-electron chi connectivity index (χ4n) is 1.99. The fraction of sp³-hybridized carbons (Fsp3) is 0.300. The number of rotatable bonds is 6. The summed E-state index contributed by atoms with van der Waals surface area (Å²) in [5.41, 5.74) is 1.11. The topological polar surface area (TPSA) is 93.1 Å². The third kappa shape index (κ3) is 7.04. The van der Waals surface area contributed by atoms with Crippen molar-refractivity contribution in [2.24, 2.45) is 0 Å². The number of aliphatic hydroxyl groups excluding tert-OH is 2. The highest BCUT2D eigenvalue weighted by Crippen LogP contribution is 2.14. The lowest BCUT2D eigenvalue weighted by atomic mass is 10.1. The van der Waals surface area contributed by atoms with Crippen LogP contribution in [0.25, 0.3) is 0 Å². The second kappa shape index (κ2) is 11.8. The Morgan fingerprint density at radius 2 is 1.04 bits per heavy atom. The lowest BCUT2D eigenvalue weighted by Gasteiger charge is -2.08. The van der Waals surface area contributed by atoms with Crippen molar-refractivity contribution >= 4 is 11.9 Å². The molecule has 0 aromatic heterocycles. The Morgan fingerprint density at radius 3 is 1.31 bits per heavy atom. The maximum absolute atomic E-state index is 11.1. The van der Waals surface area contributed by atoms with Gasteiger partial charge in [0.05, 0.1) is 13.2 Å². The van der Waals surface area contributed by atoms with E-state index < -0.39 is 24.1 Å². The molecule has 2 aromatic rings. The Labute approximate surface area is 153 Å². The summed E-state index contributed by atoms with van der Waals surface area (Å²) in [6.07, 6.45) is -2.33. The van der Waals surface area contributed by atoms with Crippen molar-refractivity contribution in [1.82, 2.24) is 0 Å². The largest absolute Gasteiger partial charge is 0.464 e. The van der Waals surface area contributed by atoms with Crippen LogP contribution < -0.4 is 0 Å². The van der Waals surface area contributed by atoms with Gasteiger partial charge in [-0.05, 0) is 25.0 Å². The van der Waals surface area contributed by atoms with Crippen LogP contribution in [0.3, 0.4) is 0 Å². The van der Waals surface area contributed by atoms with Crippen LogP contribution in [-0.4, -0.2) is 35.4 Å². The lowest BCUT2D eigenvalue weighted by Crippen LogP contribution is -2.15. The molecule has 0 saturated carbocycles. The zero-order chi connectivity index (χ0) is 19.4. The number of carbonyl (C=O) groups is 2. The highest BCUT2D eigenvalue weighted by Gasteiger charge is 2.18. The van der Waals surface area contributed by atoms with E-state index in [0.29, 0.717) is 11.1 Å². The molecule has 0 spiro atoms. The molecule has 2 rings (SSSR count). The molecule has 0 aliphatic rings. The quantitative estimate of drug-likeness (QED) is 0.769. The first-order chi connectivity index (χ1) is 12.5. The van der Waals surface area contributed by atoms with Gasteiger partial charge in [0.2, 0.25) is 0 Å². The second-order valence-corrected chi connectivity index (χ2v) is 5.13.